The number of imidazole rings is 1. The van der Waals surface area contributed by atoms with Gasteiger partial charge < -0.3 is 19.2 Å². The zero-order chi connectivity index (χ0) is 10.8. The molecule has 0 amide bonds. The maximum atomic E-state index is 9.56. The summed E-state index contributed by atoms with van der Waals surface area (Å²) in [6.45, 7) is 0. The first kappa shape index (κ1) is 10.2. The lowest BCUT2D eigenvalue weighted by Crippen LogP contribution is -2.36. The van der Waals surface area contributed by atoms with Crippen molar-refractivity contribution in [2.45, 2.75) is 0 Å². The lowest BCUT2D eigenvalue weighted by molar-refractivity contribution is 0.393. The topological polar surface area (TPSA) is 80.4 Å². The molecule has 8 heteroatoms. The van der Waals surface area contributed by atoms with Crippen LogP contribution in [0.5, 0.6) is 0 Å². The number of aromatic nitrogens is 3. The summed E-state index contributed by atoms with van der Waals surface area (Å²) >= 11 is 0. The van der Waals surface area contributed by atoms with E-state index >= 15 is 0 Å². The predicted octanol–water partition coefficient (Wildman–Crippen LogP) is -2.07. The van der Waals surface area contributed by atoms with Gasteiger partial charge in [-0.05, 0) is 0 Å². The minimum atomic E-state index is -1.21. The molecule has 0 aromatic carbocycles. The fourth-order valence-electron chi connectivity index (χ4n) is 1.40. The van der Waals surface area contributed by atoms with Crippen molar-refractivity contribution in [2.24, 2.45) is 7.05 Å². The van der Waals surface area contributed by atoms with Gasteiger partial charge in [0.1, 0.15) is 0 Å². The number of rotatable bonds is 3. The Balaban J connectivity index is 2.51. The van der Waals surface area contributed by atoms with Gasteiger partial charge in [-0.1, -0.05) is 0 Å². The van der Waals surface area contributed by atoms with Crippen molar-refractivity contribution in [3.8, 4) is 0 Å². The third-order valence-electron chi connectivity index (χ3n) is 2.16. The molecular formula is C7H9B2N3O3. The van der Waals surface area contributed by atoms with Crippen molar-refractivity contribution < 1.29 is 14.6 Å². The molecule has 0 aliphatic rings. The molecule has 0 radical (unpaired) electrons. The van der Waals surface area contributed by atoms with Crippen molar-refractivity contribution in [1.29, 1.82) is 0 Å². The van der Waals surface area contributed by atoms with E-state index in [1.165, 1.54) is 6.20 Å². The summed E-state index contributed by atoms with van der Waals surface area (Å²) in [6.07, 6.45) is 4.74. The molecule has 0 unspecified atom stereocenters. The molecule has 6 nitrogen and oxygen atoms in total. The minimum absolute atomic E-state index is 0.446. The first-order valence-corrected chi connectivity index (χ1v) is 4.39. The Morgan fingerprint density at radius 3 is 3.07 bits per heavy atom. The fraction of sp³-hybridized carbons (Fsp3) is 0.143. The summed E-state index contributed by atoms with van der Waals surface area (Å²) in [7, 11) is 0.0749. The van der Waals surface area contributed by atoms with Gasteiger partial charge in [0.15, 0.2) is 0 Å². The average Bonchev–Trinajstić information content (AvgIpc) is 2.61. The molecule has 2 N–H and O–H groups in total. The van der Waals surface area contributed by atoms with Crippen LogP contribution < -0.4 is 5.46 Å². The van der Waals surface area contributed by atoms with Crippen LogP contribution in [0.25, 0.3) is 11.0 Å². The minimum Gasteiger partial charge on any atom is -0.450 e. The first-order chi connectivity index (χ1) is 7.24. The van der Waals surface area contributed by atoms with Crippen molar-refractivity contribution >= 4 is 31.3 Å². The van der Waals surface area contributed by atoms with Gasteiger partial charge >= 0.3 is 14.8 Å². The molecule has 0 aliphatic heterocycles. The molecule has 76 valence electrons. The molecular weight excluding hydrogens is 196 g/mol. The smallest absolute Gasteiger partial charge is 0.450 e. The van der Waals surface area contributed by atoms with Crippen LogP contribution in [0.2, 0.25) is 0 Å². The molecule has 0 spiro atoms. The van der Waals surface area contributed by atoms with E-state index in [1.807, 2.05) is 7.05 Å². The highest BCUT2D eigenvalue weighted by Gasteiger charge is 2.21. The Labute approximate surface area is 87.0 Å². The summed E-state index contributed by atoms with van der Waals surface area (Å²) < 4.78 is 6.46. The van der Waals surface area contributed by atoms with Crippen LogP contribution in [0.1, 0.15) is 0 Å². The van der Waals surface area contributed by atoms with Crippen molar-refractivity contribution in [1.82, 2.24) is 14.5 Å². The molecule has 2 rings (SSSR count). The van der Waals surface area contributed by atoms with Crippen LogP contribution >= 0.6 is 0 Å². The van der Waals surface area contributed by atoms with Crippen molar-refractivity contribution in [3.63, 3.8) is 0 Å². The Morgan fingerprint density at radius 1 is 1.53 bits per heavy atom. The monoisotopic (exact) mass is 205 g/mol. The van der Waals surface area contributed by atoms with Gasteiger partial charge in [-0.15, -0.1) is 0 Å². The lowest BCUT2D eigenvalue weighted by Gasteiger charge is -2.05. The number of hydrogen-bond acceptors (Lipinski definition) is 5. The van der Waals surface area contributed by atoms with Crippen LogP contribution in [0.4, 0.5) is 0 Å². The Morgan fingerprint density at radius 2 is 2.33 bits per heavy atom. The highest BCUT2D eigenvalue weighted by atomic mass is 16.5. The van der Waals surface area contributed by atoms with Crippen molar-refractivity contribution in [3.05, 3.63) is 18.7 Å². The third kappa shape index (κ3) is 1.74. The fourth-order valence-corrected chi connectivity index (χ4v) is 1.40. The zero-order valence-electron chi connectivity index (χ0n) is 8.16. The van der Waals surface area contributed by atoms with Crippen LogP contribution in [0.15, 0.2) is 18.7 Å². The first-order valence-electron chi connectivity index (χ1n) is 4.39. The van der Waals surface area contributed by atoms with Crippen LogP contribution in [0.3, 0.4) is 0 Å². The molecule has 15 heavy (non-hydrogen) atoms. The molecule has 0 atom stereocenters. The quantitative estimate of drug-likeness (QED) is 0.562. The molecule has 0 bridgehead atoms. The predicted molar refractivity (Wildman–Crippen MR) is 56.6 cm³/mol. The molecule has 0 fully saturated rings. The molecule has 0 aliphatic carbocycles. The molecule has 0 saturated heterocycles. The molecule has 2 aromatic rings. The lowest BCUT2D eigenvalue weighted by atomic mass is 9.79. The summed E-state index contributed by atoms with van der Waals surface area (Å²) in [5.41, 5.74) is 1.86. The SMILES string of the molecule is Cn1cnc2c(B(O)OBO)cncc21. The molecule has 0 saturated carbocycles. The molecule has 2 aromatic heterocycles. The standard InChI is InChI=1S/C7H9B2N3O3/c1-12-4-11-7-5(9(14)15-8-13)2-10-3-6(7)12/h2-4,8,13-14H,1H3. The van der Waals surface area contributed by atoms with Gasteiger partial charge in [0, 0.05) is 18.7 Å². The second-order valence-electron chi connectivity index (χ2n) is 3.10. The van der Waals surface area contributed by atoms with E-state index in [9.17, 15) is 5.02 Å². The van der Waals surface area contributed by atoms with Gasteiger partial charge in [-0.2, -0.15) is 0 Å². The van der Waals surface area contributed by atoms with Crippen LogP contribution in [-0.4, -0.2) is 39.4 Å². The number of aryl methyl sites for hydroxylation is 1. The van der Waals surface area contributed by atoms with E-state index in [2.05, 4.69) is 14.5 Å². The number of nitrogens with zero attached hydrogens (tertiary/aromatic N) is 3. The molecule has 2 heterocycles. The largest absolute Gasteiger partial charge is 0.481 e. The van der Waals surface area contributed by atoms with E-state index in [-0.39, 0.29) is 0 Å². The number of hydrogen-bond donors (Lipinski definition) is 2. The highest BCUT2D eigenvalue weighted by Crippen LogP contribution is 2.07. The maximum absolute atomic E-state index is 9.56. The summed E-state index contributed by atoms with van der Waals surface area (Å²) in [5.74, 6) is 0. The van der Waals surface area contributed by atoms with Gasteiger partial charge in [0.2, 0.25) is 0 Å². The number of fused-ring (bicyclic) bond motifs is 1. The van der Waals surface area contributed by atoms with Gasteiger partial charge in [-0.3, -0.25) is 4.98 Å². The van der Waals surface area contributed by atoms with Gasteiger partial charge in [-0.25, -0.2) is 4.98 Å². The zero-order valence-corrected chi connectivity index (χ0v) is 8.16. The summed E-state index contributed by atoms with van der Waals surface area (Å²) in [5, 5.41) is 18.1. The normalized spacial score (nSPS) is 10.6. The van der Waals surface area contributed by atoms with Crippen molar-refractivity contribution in [2.75, 3.05) is 0 Å². The second kappa shape index (κ2) is 4.01. The van der Waals surface area contributed by atoms with E-state index in [4.69, 9.17) is 5.02 Å². The second-order valence-corrected chi connectivity index (χ2v) is 3.10. The van der Waals surface area contributed by atoms with Crippen LogP contribution in [0, 0.1) is 0 Å². The van der Waals surface area contributed by atoms with Gasteiger partial charge in [0.05, 0.1) is 23.6 Å². The summed E-state index contributed by atoms with van der Waals surface area (Å²) in [4.78, 5) is 8.09. The van der Waals surface area contributed by atoms with Gasteiger partial charge in [0.25, 0.3) is 0 Å². The van der Waals surface area contributed by atoms with Crippen LogP contribution in [-0.2, 0) is 11.6 Å². The summed E-state index contributed by atoms with van der Waals surface area (Å²) in [6, 6.07) is 0. The number of pyridine rings is 1. The average molecular weight is 205 g/mol. The van der Waals surface area contributed by atoms with E-state index < -0.39 is 14.8 Å². The third-order valence-corrected chi connectivity index (χ3v) is 2.16. The van der Waals surface area contributed by atoms with E-state index in [0.717, 1.165) is 5.52 Å². The van der Waals surface area contributed by atoms with E-state index in [1.54, 1.807) is 17.1 Å². The highest BCUT2D eigenvalue weighted by molar-refractivity contribution is 6.66. The Hall–Kier alpha value is -1.37. The van der Waals surface area contributed by atoms with E-state index in [0.29, 0.717) is 11.0 Å². The Bertz CT molecular complexity index is 475. The Kier molecular flexibility index (Phi) is 2.72. The maximum Gasteiger partial charge on any atom is 0.481 e.